The molecular formula is C6H7N9O3. The maximum atomic E-state index is 8.13. The minimum atomic E-state index is -0.223. The average molecular weight is 253 g/mol. The van der Waals surface area contributed by atoms with E-state index >= 15 is 0 Å². The van der Waals surface area contributed by atoms with Gasteiger partial charge >= 0.3 is 0 Å². The fourth-order valence-electron chi connectivity index (χ4n) is 0.693. The van der Waals surface area contributed by atoms with Gasteiger partial charge < -0.3 is 22.4 Å². The summed E-state index contributed by atoms with van der Waals surface area (Å²) < 4.78 is 8.26. The third kappa shape index (κ3) is 2.82. The molecule has 0 atom stereocenters. The van der Waals surface area contributed by atoms with Gasteiger partial charge in [0.15, 0.2) is 17.3 Å². The van der Waals surface area contributed by atoms with E-state index in [9.17, 15) is 0 Å². The van der Waals surface area contributed by atoms with Crippen LogP contribution in [0.3, 0.4) is 0 Å². The van der Waals surface area contributed by atoms with Crippen molar-refractivity contribution in [3.05, 3.63) is 11.4 Å². The van der Waals surface area contributed by atoms with Crippen molar-refractivity contribution < 1.29 is 14.5 Å². The molecule has 0 fully saturated rings. The van der Waals surface area contributed by atoms with Gasteiger partial charge in [-0.25, -0.2) is 9.26 Å². The first-order valence-electron chi connectivity index (χ1n) is 4.14. The van der Waals surface area contributed by atoms with E-state index in [0.29, 0.717) is 0 Å². The summed E-state index contributed by atoms with van der Waals surface area (Å²) >= 11 is 0. The minimum absolute atomic E-state index is 0.00435. The van der Waals surface area contributed by atoms with E-state index in [2.05, 4.69) is 35.0 Å². The number of oxime groups is 1. The molecular weight excluding hydrogens is 246 g/mol. The van der Waals surface area contributed by atoms with Crippen molar-refractivity contribution in [2.45, 2.75) is 0 Å². The lowest BCUT2D eigenvalue weighted by molar-refractivity contribution is 0.305. The monoisotopic (exact) mass is 253 g/mol. The quantitative estimate of drug-likeness (QED) is 0.194. The molecule has 0 aliphatic heterocycles. The molecule has 0 spiro atoms. The molecule has 0 bridgehead atoms. The highest BCUT2D eigenvalue weighted by Gasteiger charge is 2.09. The van der Waals surface area contributed by atoms with E-state index in [4.69, 9.17) is 27.7 Å². The number of amidine groups is 1. The molecule has 2 heterocycles. The molecule has 0 saturated carbocycles. The Balaban J connectivity index is 0.000000184. The maximum absolute atomic E-state index is 8.13. The van der Waals surface area contributed by atoms with E-state index in [1.54, 1.807) is 6.07 Å². The van der Waals surface area contributed by atoms with Gasteiger partial charge in [-0.2, -0.15) is 5.26 Å². The average Bonchev–Trinajstić information content (AvgIpc) is 2.97. The Morgan fingerprint density at radius 1 is 1.17 bits per heavy atom. The molecule has 94 valence electrons. The molecule has 0 aliphatic rings. The second-order valence-corrected chi connectivity index (χ2v) is 2.59. The van der Waals surface area contributed by atoms with Crippen LogP contribution in [0.1, 0.15) is 11.4 Å². The fraction of sp³-hybridized carbons (Fsp3) is 0. The largest absolute Gasteiger partial charge is 0.409 e. The van der Waals surface area contributed by atoms with Crippen molar-refractivity contribution in [1.29, 1.82) is 5.26 Å². The predicted molar refractivity (Wildman–Crippen MR) is 54.6 cm³/mol. The number of nitrogen functional groups attached to an aromatic ring is 2. The highest BCUT2D eigenvalue weighted by atomic mass is 16.6. The SMILES string of the molecule is N#Cc1nonc1N.N/C(=N/O)c1nonc1N. The lowest BCUT2D eigenvalue weighted by Crippen LogP contribution is -2.15. The maximum Gasteiger partial charge on any atom is 0.228 e. The standard InChI is InChI=1S/C3H5N5O2.C3H2N4O/c4-2(6-9)1-3(5)8-10-7-1;4-1-2-3(5)7-8-6-2/h9H,(H2,4,6)(H2,5,8);(H2,5,7). The van der Waals surface area contributed by atoms with Gasteiger partial charge in [-0.15, -0.1) is 0 Å². The zero-order valence-electron chi connectivity index (χ0n) is 8.68. The zero-order valence-corrected chi connectivity index (χ0v) is 8.68. The van der Waals surface area contributed by atoms with E-state index in [1.807, 2.05) is 0 Å². The first-order valence-corrected chi connectivity index (χ1v) is 4.14. The van der Waals surface area contributed by atoms with Crippen LogP contribution in [0.15, 0.2) is 14.4 Å². The normalized spacial score (nSPS) is 10.3. The summed E-state index contributed by atoms with van der Waals surface area (Å²) in [4.78, 5) is 0. The number of nitriles is 1. The Kier molecular flexibility index (Phi) is 3.99. The van der Waals surface area contributed by atoms with Crippen molar-refractivity contribution in [2.75, 3.05) is 11.5 Å². The van der Waals surface area contributed by atoms with Crippen LogP contribution >= 0.6 is 0 Å². The van der Waals surface area contributed by atoms with Gasteiger partial charge in [0.1, 0.15) is 6.07 Å². The highest BCUT2D eigenvalue weighted by molar-refractivity contribution is 5.98. The summed E-state index contributed by atoms with van der Waals surface area (Å²) in [5, 5.41) is 31.7. The molecule has 12 heteroatoms. The first kappa shape index (κ1) is 12.7. The summed E-state index contributed by atoms with van der Waals surface area (Å²) in [6.45, 7) is 0. The summed E-state index contributed by atoms with van der Waals surface area (Å²) in [7, 11) is 0. The summed E-state index contributed by atoms with van der Waals surface area (Å²) in [6.07, 6.45) is 0. The third-order valence-corrected chi connectivity index (χ3v) is 1.48. The van der Waals surface area contributed by atoms with Crippen molar-refractivity contribution in [1.82, 2.24) is 20.6 Å². The number of rotatable bonds is 1. The van der Waals surface area contributed by atoms with Crippen LogP contribution in [-0.2, 0) is 0 Å². The zero-order chi connectivity index (χ0) is 13.5. The molecule has 2 aromatic heterocycles. The molecule has 18 heavy (non-hydrogen) atoms. The van der Waals surface area contributed by atoms with Crippen LogP contribution in [0.4, 0.5) is 11.6 Å². The Hall–Kier alpha value is -3.36. The Labute approximate surface area is 98.6 Å². The molecule has 0 saturated heterocycles. The van der Waals surface area contributed by atoms with Crippen molar-refractivity contribution in [3.63, 3.8) is 0 Å². The van der Waals surface area contributed by atoms with Crippen LogP contribution in [0.5, 0.6) is 0 Å². The lowest BCUT2D eigenvalue weighted by atomic mass is 10.4. The molecule has 0 radical (unpaired) electrons. The van der Waals surface area contributed by atoms with Gasteiger partial charge in [0, 0.05) is 0 Å². The van der Waals surface area contributed by atoms with Crippen LogP contribution in [0.25, 0.3) is 0 Å². The van der Waals surface area contributed by atoms with Crippen molar-refractivity contribution in [2.24, 2.45) is 10.9 Å². The topological polar surface area (TPSA) is 212 Å². The molecule has 7 N–H and O–H groups in total. The van der Waals surface area contributed by atoms with Gasteiger partial charge in [0.2, 0.25) is 11.5 Å². The van der Waals surface area contributed by atoms with Crippen LogP contribution in [0.2, 0.25) is 0 Å². The van der Waals surface area contributed by atoms with Gasteiger partial charge in [-0.1, -0.05) is 5.16 Å². The first-order chi connectivity index (χ1) is 8.60. The van der Waals surface area contributed by atoms with Crippen molar-refractivity contribution in [3.8, 4) is 6.07 Å². The molecule has 0 amide bonds. The number of anilines is 2. The Bertz CT molecular complexity index is 579. The fourth-order valence-corrected chi connectivity index (χ4v) is 0.693. The van der Waals surface area contributed by atoms with E-state index < -0.39 is 0 Å². The molecule has 0 aromatic carbocycles. The minimum Gasteiger partial charge on any atom is -0.409 e. The molecule has 12 nitrogen and oxygen atoms in total. The van der Waals surface area contributed by atoms with E-state index in [1.165, 1.54) is 0 Å². The Morgan fingerprint density at radius 2 is 1.78 bits per heavy atom. The number of aromatic nitrogens is 4. The predicted octanol–water partition coefficient (Wildman–Crippen LogP) is -1.73. The summed E-state index contributed by atoms with van der Waals surface area (Å²) in [6, 6.07) is 1.68. The summed E-state index contributed by atoms with van der Waals surface area (Å²) in [5.41, 5.74) is 15.4. The van der Waals surface area contributed by atoms with Crippen LogP contribution in [-0.4, -0.2) is 31.7 Å². The van der Waals surface area contributed by atoms with Crippen LogP contribution < -0.4 is 17.2 Å². The molecule has 0 unspecified atom stereocenters. The number of nitrogens with two attached hydrogens (primary N) is 3. The summed E-state index contributed by atoms with van der Waals surface area (Å²) in [5.74, 6) is -0.193. The molecule has 2 rings (SSSR count). The van der Waals surface area contributed by atoms with Gasteiger partial charge in [-0.3, -0.25) is 0 Å². The lowest BCUT2D eigenvalue weighted by Gasteiger charge is -1.87. The van der Waals surface area contributed by atoms with Gasteiger partial charge in [0.25, 0.3) is 0 Å². The molecule has 0 aliphatic carbocycles. The number of hydrogen-bond donors (Lipinski definition) is 4. The van der Waals surface area contributed by atoms with Crippen LogP contribution in [0, 0.1) is 11.3 Å². The smallest absolute Gasteiger partial charge is 0.228 e. The van der Waals surface area contributed by atoms with Crippen molar-refractivity contribution >= 4 is 17.5 Å². The highest BCUT2D eigenvalue weighted by Crippen LogP contribution is 2.01. The van der Waals surface area contributed by atoms with Gasteiger partial charge in [0.05, 0.1) is 0 Å². The number of nitrogens with zero attached hydrogens (tertiary/aromatic N) is 6. The van der Waals surface area contributed by atoms with E-state index in [0.717, 1.165) is 0 Å². The third-order valence-electron chi connectivity index (χ3n) is 1.48. The second kappa shape index (κ2) is 5.65. The Morgan fingerprint density at radius 3 is 2.11 bits per heavy atom. The second-order valence-electron chi connectivity index (χ2n) is 2.59. The number of hydrogen-bond acceptors (Lipinski definition) is 11. The van der Waals surface area contributed by atoms with E-state index in [-0.39, 0.29) is 28.9 Å². The van der Waals surface area contributed by atoms with Gasteiger partial charge in [-0.05, 0) is 20.6 Å². The molecule has 2 aromatic rings.